The summed E-state index contributed by atoms with van der Waals surface area (Å²) in [6.45, 7) is 1.39. The molecule has 19 heavy (non-hydrogen) atoms. The molecule has 2 rings (SSSR count). The molecule has 0 saturated heterocycles. The Labute approximate surface area is 111 Å². The zero-order valence-corrected chi connectivity index (χ0v) is 10.6. The predicted molar refractivity (Wildman–Crippen MR) is 73.6 cm³/mol. The fraction of sp³-hybridized carbons (Fsp3) is 0.133. The van der Waals surface area contributed by atoms with E-state index in [1.807, 2.05) is 36.4 Å². The molecule has 0 fully saturated rings. The van der Waals surface area contributed by atoms with Crippen molar-refractivity contribution < 1.29 is 9.59 Å². The van der Waals surface area contributed by atoms with Gasteiger partial charge in [-0.3, -0.25) is 14.6 Å². The molecule has 96 valence electrons. The van der Waals surface area contributed by atoms with Crippen LogP contribution >= 0.6 is 0 Å². The van der Waals surface area contributed by atoms with Gasteiger partial charge in [0.05, 0.1) is 12.1 Å². The van der Waals surface area contributed by atoms with E-state index in [-0.39, 0.29) is 18.1 Å². The third kappa shape index (κ3) is 3.74. The van der Waals surface area contributed by atoms with E-state index in [1.165, 1.54) is 6.92 Å². The van der Waals surface area contributed by atoms with Gasteiger partial charge in [-0.05, 0) is 31.2 Å². The maximum atomic E-state index is 11.5. The highest BCUT2D eigenvalue weighted by molar-refractivity contribution is 6.03. The van der Waals surface area contributed by atoms with Crippen molar-refractivity contribution in [3.8, 4) is 11.3 Å². The van der Waals surface area contributed by atoms with Crippen molar-refractivity contribution in [1.82, 2.24) is 4.98 Å². The Morgan fingerprint density at radius 2 is 2.00 bits per heavy atom. The van der Waals surface area contributed by atoms with Crippen molar-refractivity contribution >= 4 is 17.4 Å². The maximum Gasteiger partial charge on any atom is 0.231 e. The Hall–Kier alpha value is -2.49. The highest BCUT2D eigenvalue weighted by Gasteiger charge is 2.06. The van der Waals surface area contributed by atoms with E-state index in [0.29, 0.717) is 5.69 Å². The molecule has 4 heteroatoms. The van der Waals surface area contributed by atoms with Gasteiger partial charge in [0.15, 0.2) is 0 Å². The second kappa shape index (κ2) is 5.91. The molecular formula is C15H14N2O2. The number of carbonyl (C=O) groups excluding carboxylic acids is 2. The number of Topliss-reactive ketones (excluding diaryl/α,β-unsaturated/α-hetero) is 1. The summed E-state index contributed by atoms with van der Waals surface area (Å²) in [6, 6.07) is 13.0. The van der Waals surface area contributed by atoms with Crippen LogP contribution < -0.4 is 5.32 Å². The zero-order valence-electron chi connectivity index (χ0n) is 10.6. The molecule has 0 aliphatic carbocycles. The number of benzene rings is 1. The first-order valence-corrected chi connectivity index (χ1v) is 5.96. The number of hydrogen-bond donors (Lipinski definition) is 1. The smallest absolute Gasteiger partial charge is 0.231 e. The normalized spacial score (nSPS) is 9.95. The Balaban J connectivity index is 2.16. The molecule has 0 radical (unpaired) electrons. The van der Waals surface area contributed by atoms with Crippen LogP contribution in [0.1, 0.15) is 13.3 Å². The van der Waals surface area contributed by atoms with E-state index in [9.17, 15) is 9.59 Å². The SMILES string of the molecule is CC(=O)CC(=O)Nc1cccc(-c2ccccn2)c1. The molecule has 1 heterocycles. The topological polar surface area (TPSA) is 59.1 Å². The number of nitrogens with zero attached hydrogens (tertiary/aromatic N) is 1. The van der Waals surface area contributed by atoms with E-state index in [4.69, 9.17) is 0 Å². The predicted octanol–water partition coefficient (Wildman–Crippen LogP) is 2.67. The molecule has 0 atom stereocenters. The lowest BCUT2D eigenvalue weighted by molar-refractivity contribution is -0.124. The number of rotatable bonds is 4. The average molecular weight is 254 g/mol. The Bertz CT molecular complexity index is 594. The van der Waals surface area contributed by atoms with Crippen LogP contribution in [-0.2, 0) is 9.59 Å². The Morgan fingerprint density at radius 3 is 2.68 bits per heavy atom. The van der Waals surface area contributed by atoms with Crippen molar-refractivity contribution in [3.63, 3.8) is 0 Å². The van der Waals surface area contributed by atoms with Crippen molar-refractivity contribution in [3.05, 3.63) is 48.7 Å². The van der Waals surface area contributed by atoms with Crippen molar-refractivity contribution in [2.75, 3.05) is 5.32 Å². The lowest BCUT2D eigenvalue weighted by Crippen LogP contribution is -2.14. The second-order valence-corrected chi connectivity index (χ2v) is 4.22. The molecule has 1 aromatic carbocycles. The third-order valence-corrected chi connectivity index (χ3v) is 2.52. The van der Waals surface area contributed by atoms with E-state index in [0.717, 1.165) is 11.3 Å². The van der Waals surface area contributed by atoms with Gasteiger partial charge >= 0.3 is 0 Å². The van der Waals surface area contributed by atoms with Gasteiger partial charge in [0.2, 0.25) is 5.91 Å². The molecule has 0 saturated carbocycles. The minimum atomic E-state index is -0.300. The van der Waals surface area contributed by atoms with E-state index >= 15 is 0 Å². The summed E-state index contributed by atoms with van der Waals surface area (Å²) in [5.41, 5.74) is 2.42. The summed E-state index contributed by atoms with van der Waals surface area (Å²) in [5.74, 6) is -0.455. The standard InChI is InChI=1S/C15H14N2O2/c1-11(18)9-15(19)17-13-6-4-5-12(10-13)14-7-2-3-8-16-14/h2-8,10H,9H2,1H3,(H,17,19). The van der Waals surface area contributed by atoms with Crippen LogP contribution in [-0.4, -0.2) is 16.7 Å². The van der Waals surface area contributed by atoms with Crippen molar-refractivity contribution in [1.29, 1.82) is 0 Å². The van der Waals surface area contributed by atoms with E-state index < -0.39 is 0 Å². The molecule has 0 unspecified atom stereocenters. The summed E-state index contributed by atoms with van der Waals surface area (Å²) >= 11 is 0. The largest absolute Gasteiger partial charge is 0.326 e. The van der Waals surface area contributed by atoms with Gasteiger partial charge in [-0.1, -0.05) is 18.2 Å². The summed E-state index contributed by atoms with van der Waals surface area (Å²) < 4.78 is 0. The molecular weight excluding hydrogens is 240 g/mol. The number of ketones is 1. The van der Waals surface area contributed by atoms with Gasteiger partial charge in [0.25, 0.3) is 0 Å². The van der Waals surface area contributed by atoms with Crippen LogP contribution in [0.3, 0.4) is 0 Å². The lowest BCUT2D eigenvalue weighted by atomic mass is 10.1. The Kier molecular flexibility index (Phi) is 4.03. The van der Waals surface area contributed by atoms with Crippen LogP contribution in [0.5, 0.6) is 0 Å². The number of pyridine rings is 1. The molecule has 4 nitrogen and oxygen atoms in total. The van der Waals surface area contributed by atoms with E-state index in [1.54, 1.807) is 12.3 Å². The molecule has 0 aliphatic rings. The molecule has 2 aromatic rings. The number of hydrogen-bond acceptors (Lipinski definition) is 3. The van der Waals surface area contributed by atoms with Crippen molar-refractivity contribution in [2.24, 2.45) is 0 Å². The summed E-state index contributed by atoms with van der Waals surface area (Å²) in [4.78, 5) is 26.6. The van der Waals surface area contributed by atoms with E-state index in [2.05, 4.69) is 10.3 Å². The molecule has 1 amide bonds. The fourth-order valence-corrected chi connectivity index (χ4v) is 1.72. The van der Waals surface area contributed by atoms with Gasteiger partial charge in [-0.15, -0.1) is 0 Å². The zero-order chi connectivity index (χ0) is 13.7. The third-order valence-electron chi connectivity index (χ3n) is 2.52. The molecule has 0 bridgehead atoms. The first-order valence-electron chi connectivity index (χ1n) is 5.96. The van der Waals surface area contributed by atoms with Crippen LogP contribution in [0.2, 0.25) is 0 Å². The number of anilines is 1. The van der Waals surface area contributed by atoms with Crippen LogP contribution in [0.25, 0.3) is 11.3 Å². The minimum Gasteiger partial charge on any atom is -0.326 e. The fourth-order valence-electron chi connectivity index (χ4n) is 1.72. The highest BCUT2D eigenvalue weighted by atomic mass is 16.2. The summed E-state index contributed by atoms with van der Waals surface area (Å²) in [6.07, 6.45) is 1.62. The minimum absolute atomic E-state index is 0.103. The van der Waals surface area contributed by atoms with Gasteiger partial charge in [0, 0.05) is 17.4 Å². The van der Waals surface area contributed by atoms with Gasteiger partial charge in [-0.25, -0.2) is 0 Å². The van der Waals surface area contributed by atoms with Crippen LogP contribution in [0.15, 0.2) is 48.7 Å². The number of amides is 1. The number of carbonyl (C=O) groups is 2. The number of nitrogens with one attached hydrogen (secondary N) is 1. The van der Waals surface area contributed by atoms with Crippen LogP contribution in [0.4, 0.5) is 5.69 Å². The molecule has 1 aromatic heterocycles. The molecule has 0 spiro atoms. The highest BCUT2D eigenvalue weighted by Crippen LogP contribution is 2.20. The van der Waals surface area contributed by atoms with Gasteiger partial charge in [0.1, 0.15) is 5.78 Å². The monoisotopic (exact) mass is 254 g/mol. The maximum absolute atomic E-state index is 11.5. The molecule has 1 N–H and O–H groups in total. The van der Waals surface area contributed by atoms with Gasteiger partial charge in [-0.2, -0.15) is 0 Å². The average Bonchev–Trinajstić information content (AvgIpc) is 2.39. The summed E-state index contributed by atoms with van der Waals surface area (Å²) in [7, 11) is 0. The summed E-state index contributed by atoms with van der Waals surface area (Å²) in [5, 5.41) is 2.70. The number of aromatic nitrogens is 1. The Morgan fingerprint density at radius 1 is 1.16 bits per heavy atom. The second-order valence-electron chi connectivity index (χ2n) is 4.22. The van der Waals surface area contributed by atoms with Crippen molar-refractivity contribution in [2.45, 2.75) is 13.3 Å². The van der Waals surface area contributed by atoms with Gasteiger partial charge < -0.3 is 5.32 Å². The van der Waals surface area contributed by atoms with Crippen LogP contribution in [0, 0.1) is 0 Å². The first-order chi connectivity index (χ1) is 9.15. The quantitative estimate of drug-likeness (QED) is 0.853. The first kappa shape index (κ1) is 13.0. The lowest BCUT2D eigenvalue weighted by Gasteiger charge is -2.06. The molecule has 0 aliphatic heterocycles.